The van der Waals surface area contributed by atoms with E-state index in [9.17, 15) is 9.18 Å². The van der Waals surface area contributed by atoms with Gasteiger partial charge in [-0.1, -0.05) is 17.9 Å². The molecule has 0 fully saturated rings. The second-order valence-corrected chi connectivity index (χ2v) is 4.81. The Morgan fingerprint density at radius 2 is 1.88 bits per heavy atom. The van der Waals surface area contributed by atoms with E-state index in [0.717, 1.165) is 4.68 Å². The number of rotatable bonds is 4. The van der Waals surface area contributed by atoms with Crippen molar-refractivity contribution in [2.45, 2.75) is 0 Å². The molecule has 2 heterocycles. The van der Waals surface area contributed by atoms with Gasteiger partial charge in [-0.25, -0.2) is 9.18 Å². The van der Waals surface area contributed by atoms with E-state index >= 15 is 0 Å². The molecule has 0 saturated carbocycles. The first-order valence-corrected chi connectivity index (χ1v) is 7.11. The SMILES string of the molecule is C=CCOC(=O)n1nnc(-c2ccc(F)cc2)c1-c1ccncc1. The maximum absolute atomic E-state index is 13.2. The van der Waals surface area contributed by atoms with Gasteiger partial charge >= 0.3 is 6.09 Å². The summed E-state index contributed by atoms with van der Waals surface area (Å²) in [6, 6.07) is 9.24. The van der Waals surface area contributed by atoms with Crippen LogP contribution in [0.25, 0.3) is 22.5 Å². The molecule has 2 aromatic heterocycles. The Morgan fingerprint density at radius 1 is 1.17 bits per heavy atom. The van der Waals surface area contributed by atoms with Crippen LogP contribution >= 0.6 is 0 Å². The van der Waals surface area contributed by atoms with Crippen LogP contribution in [0.2, 0.25) is 0 Å². The molecule has 3 rings (SSSR count). The highest BCUT2D eigenvalue weighted by molar-refractivity contribution is 5.85. The second-order valence-electron chi connectivity index (χ2n) is 4.81. The zero-order chi connectivity index (χ0) is 16.9. The Hall–Kier alpha value is -3.35. The number of aromatic nitrogens is 4. The predicted octanol–water partition coefficient (Wildman–Crippen LogP) is 3.32. The van der Waals surface area contributed by atoms with E-state index in [2.05, 4.69) is 21.9 Å². The highest BCUT2D eigenvalue weighted by atomic mass is 19.1. The highest BCUT2D eigenvalue weighted by Crippen LogP contribution is 2.30. The number of hydrogen-bond acceptors (Lipinski definition) is 5. The van der Waals surface area contributed by atoms with E-state index in [-0.39, 0.29) is 12.4 Å². The van der Waals surface area contributed by atoms with Gasteiger partial charge in [-0.05, 0) is 36.4 Å². The fourth-order valence-electron chi connectivity index (χ4n) is 2.17. The monoisotopic (exact) mass is 324 g/mol. The van der Waals surface area contributed by atoms with Crippen LogP contribution in [0.5, 0.6) is 0 Å². The normalized spacial score (nSPS) is 10.4. The Bertz CT molecular complexity index is 860. The molecule has 7 heteroatoms. The Kier molecular flexibility index (Phi) is 4.42. The van der Waals surface area contributed by atoms with Crippen molar-refractivity contribution in [2.75, 3.05) is 6.61 Å². The van der Waals surface area contributed by atoms with Crippen LogP contribution in [-0.2, 0) is 4.74 Å². The van der Waals surface area contributed by atoms with Crippen molar-refractivity contribution < 1.29 is 13.9 Å². The number of nitrogens with zero attached hydrogens (tertiary/aromatic N) is 4. The van der Waals surface area contributed by atoms with Crippen molar-refractivity contribution in [3.05, 3.63) is 67.3 Å². The third-order valence-electron chi connectivity index (χ3n) is 3.24. The average molecular weight is 324 g/mol. The largest absolute Gasteiger partial charge is 0.444 e. The van der Waals surface area contributed by atoms with Crippen molar-refractivity contribution in [2.24, 2.45) is 0 Å². The molecular weight excluding hydrogens is 311 g/mol. The van der Waals surface area contributed by atoms with Crippen LogP contribution in [0.3, 0.4) is 0 Å². The van der Waals surface area contributed by atoms with Gasteiger partial charge in [0.25, 0.3) is 0 Å². The lowest BCUT2D eigenvalue weighted by Gasteiger charge is -2.07. The first-order chi connectivity index (χ1) is 11.7. The molecule has 0 N–H and O–H groups in total. The lowest BCUT2D eigenvalue weighted by atomic mass is 10.1. The zero-order valence-electron chi connectivity index (χ0n) is 12.6. The Labute approximate surface area is 137 Å². The van der Waals surface area contributed by atoms with Gasteiger partial charge in [0.1, 0.15) is 23.8 Å². The molecule has 6 nitrogen and oxygen atoms in total. The topological polar surface area (TPSA) is 69.9 Å². The van der Waals surface area contributed by atoms with Crippen molar-refractivity contribution in [1.29, 1.82) is 0 Å². The van der Waals surface area contributed by atoms with E-state index in [1.165, 1.54) is 18.2 Å². The summed E-state index contributed by atoms with van der Waals surface area (Å²) in [5.74, 6) is -0.359. The minimum Gasteiger partial charge on any atom is -0.444 e. The molecule has 0 aliphatic heterocycles. The molecule has 0 saturated heterocycles. The number of ether oxygens (including phenoxy) is 1. The minimum atomic E-state index is -0.678. The molecule has 0 bridgehead atoms. The zero-order valence-corrected chi connectivity index (χ0v) is 12.6. The van der Waals surface area contributed by atoms with E-state index in [0.29, 0.717) is 22.5 Å². The third kappa shape index (κ3) is 3.05. The van der Waals surface area contributed by atoms with Gasteiger partial charge in [0.05, 0.1) is 0 Å². The molecule has 3 aromatic rings. The number of carbonyl (C=O) groups is 1. The summed E-state index contributed by atoms with van der Waals surface area (Å²) in [5, 5.41) is 7.95. The Balaban J connectivity index is 2.13. The van der Waals surface area contributed by atoms with E-state index in [4.69, 9.17) is 4.74 Å². The number of pyridine rings is 1. The van der Waals surface area contributed by atoms with E-state index in [1.807, 2.05) is 0 Å². The lowest BCUT2D eigenvalue weighted by molar-refractivity contribution is 0.156. The smallest absolute Gasteiger partial charge is 0.437 e. The number of carbonyl (C=O) groups excluding carboxylic acids is 1. The summed E-state index contributed by atoms with van der Waals surface area (Å²) in [4.78, 5) is 16.2. The van der Waals surface area contributed by atoms with Gasteiger partial charge in [0, 0.05) is 23.5 Å². The molecule has 0 amide bonds. The summed E-state index contributed by atoms with van der Waals surface area (Å²) in [6.07, 6.45) is 3.97. The van der Waals surface area contributed by atoms with E-state index < -0.39 is 6.09 Å². The van der Waals surface area contributed by atoms with Gasteiger partial charge < -0.3 is 4.74 Å². The second kappa shape index (κ2) is 6.82. The first-order valence-electron chi connectivity index (χ1n) is 7.11. The molecule has 0 aliphatic rings. The molecule has 0 aliphatic carbocycles. The first kappa shape index (κ1) is 15.5. The Morgan fingerprint density at radius 3 is 2.54 bits per heavy atom. The van der Waals surface area contributed by atoms with E-state index in [1.54, 1.807) is 36.7 Å². The van der Waals surface area contributed by atoms with Crippen molar-refractivity contribution >= 4 is 6.09 Å². The maximum atomic E-state index is 13.2. The molecule has 0 atom stereocenters. The van der Waals surface area contributed by atoms with Gasteiger partial charge in [-0.15, -0.1) is 9.78 Å². The van der Waals surface area contributed by atoms with Crippen LogP contribution < -0.4 is 0 Å². The highest BCUT2D eigenvalue weighted by Gasteiger charge is 2.21. The number of benzene rings is 1. The third-order valence-corrected chi connectivity index (χ3v) is 3.24. The molecule has 0 radical (unpaired) electrons. The quantitative estimate of drug-likeness (QED) is 0.689. The van der Waals surface area contributed by atoms with Crippen LogP contribution in [0.4, 0.5) is 9.18 Å². The fourth-order valence-corrected chi connectivity index (χ4v) is 2.17. The van der Waals surface area contributed by atoms with Gasteiger partial charge in [-0.2, -0.15) is 0 Å². The molecule has 1 aromatic carbocycles. The predicted molar refractivity (Wildman–Crippen MR) is 85.6 cm³/mol. The van der Waals surface area contributed by atoms with Crippen molar-refractivity contribution in [3.8, 4) is 22.5 Å². The van der Waals surface area contributed by atoms with Crippen molar-refractivity contribution in [1.82, 2.24) is 20.0 Å². The summed E-state index contributed by atoms with van der Waals surface area (Å²) in [7, 11) is 0. The van der Waals surface area contributed by atoms with Crippen molar-refractivity contribution in [3.63, 3.8) is 0 Å². The van der Waals surface area contributed by atoms with Gasteiger partial charge in [0.2, 0.25) is 0 Å². The molecule has 120 valence electrons. The van der Waals surface area contributed by atoms with Crippen LogP contribution in [0.1, 0.15) is 0 Å². The van der Waals surface area contributed by atoms with Crippen LogP contribution in [0, 0.1) is 5.82 Å². The molecular formula is C17H13FN4O2. The summed E-state index contributed by atoms with van der Waals surface area (Å²) in [6.45, 7) is 3.56. The molecule has 24 heavy (non-hydrogen) atoms. The standard InChI is InChI=1S/C17H13FN4O2/c1-2-11-24-17(23)22-16(13-7-9-19-10-8-13)15(20-21-22)12-3-5-14(18)6-4-12/h2-10H,1,11H2. The minimum absolute atomic E-state index is 0.0559. The number of hydrogen-bond donors (Lipinski definition) is 0. The van der Waals surface area contributed by atoms with Gasteiger partial charge in [-0.3, -0.25) is 4.98 Å². The van der Waals surface area contributed by atoms with Crippen LogP contribution in [-0.4, -0.2) is 32.7 Å². The lowest BCUT2D eigenvalue weighted by Crippen LogP contribution is -2.16. The number of halogens is 1. The average Bonchev–Trinajstić information content (AvgIpc) is 3.06. The summed E-state index contributed by atoms with van der Waals surface area (Å²) >= 11 is 0. The molecule has 0 unspecified atom stereocenters. The molecule has 0 spiro atoms. The fraction of sp³-hybridized carbons (Fsp3) is 0.0588. The summed E-state index contributed by atoms with van der Waals surface area (Å²) < 4.78 is 19.3. The maximum Gasteiger partial charge on any atom is 0.437 e. The van der Waals surface area contributed by atoms with Crippen LogP contribution in [0.15, 0.2) is 61.4 Å². The van der Waals surface area contributed by atoms with Gasteiger partial charge in [0.15, 0.2) is 0 Å². The summed E-state index contributed by atoms with van der Waals surface area (Å²) in [5.41, 5.74) is 2.20.